The van der Waals surface area contributed by atoms with Gasteiger partial charge in [-0.2, -0.15) is 0 Å². The van der Waals surface area contributed by atoms with Gasteiger partial charge >= 0.3 is 0 Å². The summed E-state index contributed by atoms with van der Waals surface area (Å²) in [6.07, 6.45) is 2.02. The van der Waals surface area contributed by atoms with Crippen LogP contribution >= 0.6 is 22.9 Å². The number of thiazole rings is 1. The van der Waals surface area contributed by atoms with Crippen molar-refractivity contribution in [2.75, 3.05) is 4.72 Å². The summed E-state index contributed by atoms with van der Waals surface area (Å²) in [6, 6.07) is 5.69. The van der Waals surface area contributed by atoms with Crippen LogP contribution in [0.15, 0.2) is 28.6 Å². The number of benzene rings is 1. The Morgan fingerprint density at radius 1 is 1.42 bits per heavy atom. The van der Waals surface area contributed by atoms with E-state index in [1.807, 2.05) is 32.0 Å². The molecule has 19 heavy (non-hydrogen) atoms. The number of para-hydroxylation sites is 1. The van der Waals surface area contributed by atoms with Gasteiger partial charge in [0.1, 0.15) is 0 Å². The number of anilines is 1. The molecule has 1 aromatic heterocycles. The molecule has 0 atom stereocenters. The van der Waals surface area contributed by atoms with Gasteiger partial charge in [0.15, 0.2) is 8.68 Å². The summed E-state index contributed by atoms with van der Waals surface area (Å²) in [6.45, 7) is 3.85. The zero-order chi connectivity index (χ0) is 14.0. The molecule has 2 rings (SSSR count). The number of rotatable bonds is 4. The number of aromatic nitrogens is 1. The predicted molar refractivity (Wildman–Crippen MR) is 78.5 cm³/mol. The van der Waals surface area contributed by atoms with Crippen molar-refractivity contribution in [3.05, 3.63) is 40.0 Å². The Kier molecular flexibility index (Phi) is 4.13. The molecule has 0 unspecified atom stereocenters. The average molecular weight is 317 g/mol. The molecule has 0 aliphatic rings. The first-order valence-electron chi connectivity index (χ1n) is 5.66. The molecule has 0 saturated carbocycles. The fourth-order valence-corrected chi connectivity index (χ4v) is 4.18. The summed E-state index contributed by atoms with van der Waals surface area (Å²) in [7, 11) is -3.63. The lowest BCUT2D eigenvalue weighted by Gasteiger charge is -2.13. The van der Waals surface area contributed by atoms with Crippen molar-refractivity contribution >= 4 is 38.6 Å². The summed E-state index contributed by atoms with van der Waals surface area (Å²) >= 11 is 6.61. The van der Waals surface area contributed by atoms with Gasteiger partial charge in [0.05, 0.1) is 11.9 Å². The maximum Gasteiger partial charge on any atom is 0.273 e. The lowest BCUT2D eigenvalue weighted by Crippen LogP contribution is -2.14. The van der Waals surface area contributed by atoms with E-state index in [-0.39, 0.29) is 8.68 Å². The summed E-state index contributed by atoms with van der Waals surface area (Å²) in [5.41, 5.74) is 2.48. The molecule has 0 radical (unpaired) electrons. The van der Waals surface area contributed by atoms with E-state index in [0.29, 0.717) is 5.69 Å². The van der Waals surface area contributed by atoms with Gasteiger partial charge in [-0.25, -0.2) is 13.4 Å². The Hall–Kier alpha value is -1.11. The smallest absolute Gasteiger partial charge is 0.273 e. The van der Waals surface area contributed by atoms with Crippen LogP contribution in [0.5, 0.6) is 0 Å². The minimum Gasteiger partial charge on any atom is -0.278 e. The molecular weight excluding hydrogens is 304 g/mol. The van der Waals surface area contributed by atoms with Crippen LogP contribution in [0.2, 0.25) is 4.47 Å². The number of nitrogens with zero attached hydrogens (tertiary/aromatic N) is 1. The van der Waals surface area contributed by atoms with Crippen molar-refractivity contribution in [3.63, 3.8) is 0 Å². The van der Waals surface area contributed by atoms with E-state index in [1.165, 1.54) is 6.20 Å². The van der Waals surface area contributed by atoms with Gasteiger partial charge in [0.2, 0.25) is 0 Å². The molecule has 1 heterocycles. The Morgan fingerprint density at radius 2 is 2.16 bits per heavy atom. The van der Waals surface area contributed by atoms with E-state index in [1.54, 1.807) is 0 Å². The fourth-order valence-electron chi connectivity index (χ4n) is 1.72. The summed E-state index contributed by atoms with van der Waals surface area (Å²) in [4.78, 5) is 3.75. The monoisotopic (exact) mass is 316 g/mol. The summed E-state index contributed by atoms with van der Waals surface area (Å²) in [5, 5.41) is 0. The van der Waals surface area contributed by atoms with E-state index in [0.717, 1.165) is 28.9 Å². The second kappa shape index (κ2) is 5.48. The molecule has 1 N–H and O–H groups in total. The Morgan fingerprint density at radius 3 is 2.74 bits per heavy atom. The van der Waals surface area contributed by atoms with Gasteiger partial charge in [0.25, 0.3) is 10.0 Å². The topological polar surface area (TPSA) is 59.1 Å². The number of halogens is 1. The number of hydrogen-bond acceptors (Lipinski definition) is 4. The second-order valence-electron chi connectivity index (χ2n) is 4.00. The van der Waals surface area contributed by atoms with E-state index >= 15 is 0 Å². The molecule has 2 aromatic rings. The maximum atomic E-state index is 12.2. The van der Waals surface area contributed by atoms with Crippen LogP contribution in [0.4, 0.5) is 5.69 Å². The molecule has 4 nitrogen and oxygen atoms in total. The average Bonchev–Trinajstić information content (AvgIpc) is 2.79. The fraction of sp³-hybridized carbons (Fsp3) is 0.250. The van der Waals surface area contributed by atoms with E-state index in [4.69, 9.17) is 11.6 Å². The molecule has 102 valence electrons. The third-order valence-corrected chi connectivity index (χ3v) is 5.62. The highest BCUT2D eigenvalue weighted by molar-refractivity contribution is 7.94. The van der Waals surface area contributed by atoms with Crippen molar-refractivity contribution < 1.29 is 8.42 Å². The molecule has 0 aliphatic heterocycles. The van der Waals surface area contributed by atoms with Crippen LogP contribution in [0.3, 0.4) is 0 Å². The Bertz CT molecular complexity index is 696. The zero-order valence-electron chi connectivity index (χ0n) is 10.5. The van der Waals surface area contributed by atoms with E-state index in [9.17, 15) is 8.42 Å². The zero-order valence-corrected chi connectivity index (χ0v) is 12.9. The van der Waals surface area contributed by atoms with Crippen molar-refractivity contribution in [1.29, 1.82) is 0 Å². The molecule has 0 fully saturated rings. The molecule has 0 amide bonds. The Labute approximate surface area is 121 Å². The third kappa shape index (κ3) is 3.08. The van der Waals surface area contributed by atoms with Crippen molar-refractivity contribution in [3.8, 4) is 0 Å². The van der Waals surface area contributed by atoms with Crippen molar-refractivity contribution in [2.45, 2.75) is 24.5 Å². The van der Waals surface area contributed by atoms with Crippen LogP contribution < -0.4 is 4.72 Å². The standard InChI is InChI=1S/C12H13ClN2O2S2/c1-3-9-6-4-5-8(2)11(9)15-19(16,17)10-7-14-12(13)18-10/h4-7,15H,3H2,1-2H3. The van der Waals surface area contributed by atoms with Crippen LogP contribution in [0.1, 0.15) is 18.1 Å². The SMILES string of the molecule is CCc1cccc(C)c1NS(=O)(=O)c1cnc(Cl)s1. The van der Waals surface area contributed by atoms with Gasteiger partial charge in [-0.05, 0) is 24.5 Å². The number of hydrogen-bond donors (Lipinski definition) is 1. The highest BCUT2D eigenvalue weighted by Gasteiger charge is 2.19. The van der Waals surface area contributed by atoms with Gasteiger partial charge in [0, 0.05) is 0 Å². The van der Waals surface area contributed by atoms with Crippen LogP contribution in [-0.4, -0.2) is 13.4 Å². The minimum absolute atomic E-state index is 0.114. The number of aryl methyl sites for hydroxylation is 2. The van der Waals surface area contributed by atoms with Crippen LogP contribution in [0.25, 0.3) is 0 Å². The second-order valence-corrected chi connectivity index (χ2v) is 7.52. The van der Waals surface area contributed by atoms with Crippen LogP contribution in [0, 0.1) is 6.92 Å². The highest BCUT2D eigenvalue weighted by Crippen LogP contribution is 2.28. The highest BCUT2D eigenvalue weighted by atomic mass is 35.5. The predicted octanol–water partition coefficient (Wildman–Crippen LogP) is 3.47. The molecule has 0 aliphatic carbocycles. The quantitative estimate of drug-likeness (QED) is 0.939. The van der Waals surface area contributed by atoms with Crippen molar-refractivity contribution in [2.24, 2.45) is 0 Å². The molecule has 0 spiro atoms. The summed E-state index contributed by atoms with van der Waals surface area (Å²) in [5.74, 6) is 0. The molecular formula is C12H13ClN2O2S2. The van der Waals surface area contributed by atoms with E-state index < -0.39 is 10.0 Å². The van der Waals surface area contributed by atoms with E-state index in [2.05, 4.69) is 9.71 Å². The lowest BCUT2D eigenvalue weighted by atomic mass is 10.1. The Balaban J connectivity index is 2.41. The van der Waals surface area contributed by atoms with Crippen molar-refractivity contribution in [1.82, 2.24) is 4.98 Å². The molecule has 1 aromatic carbocycles. The lowest BCUT2D eigenvalue weighted by molar-refractivity contribution is 0.603. The third-order valence-electron chi connectivity index (χ3n) is 2.70. The minimum atomic E-state index is -3.63. The first-order valence-corrected chi connectivity index (χ1v) is 8.34. The van der Waals surface area contributed by atoms with Crippen LogP contribution in [-0.2, 0) is 16.4 Å². The number of sulfonamides is 1. The van der Waals surface area contributed by atoms with Gasteiger partial charge < -0.3 is 0 Å². The van der Waals surface area contributed by atoms with Gasteiger partial charge in [-0.15, -0.1) is 0 Å². The maximum absolute atomic E-state index is 12.2. The summed E-state index contributed by atoms with van der Waals surface area (Å²) < 4.78 is 27.4. The molecule has 0 saturated heterocycles. The normalized spacial score (nSPS) is 11.5. The largest absolute Gasteiger partial charge is 0.278 e. The van der Waals surface area contributed by atoms with Gasteiger partial charge in [-0.1, -0.05) is 48.1 Å². The first-order chi connectivity index (χ1) is 8.94. The molecule has 7 heteroatoms. The number of nitrogens with one attached hydrogen (secondary N) is 1. The van der Waals surface area contributed by atoms with Gasteiger partial charge in [-0.3, -0.25) is 4.72 Å². The molecule has 0 bridgehead atoms. The first kappa shape index (κ1) is 14.3.